The molecule has 0 aliphatic rings. The van der Waals surface area contributed by atoms with E-state index in [1.807, 2.05) is 0 Å². The summed E-state index contributed by atoms with van der Waals surface area (Å²) in [5.74, 6) is 0.816. The standard InChI is InChI=1S/C4H9Cl.K.H3O4P/c1-2-3-4-5;;1-5(2,3)4/h2-4H2,1H3;;(H3,1,2,3,4)/q;+1;/p-1. The molecule has 2 N–H and O–H groups in total. The van der Waals surface area contributed by atoms with Crippen molar-refractivity contribution < 1.29 is 70.6 Å². The molecule has 4 nitrogen and oxygen atoms in total. The van der Waals surface area contributed by atoms with E-state index >= 15 is 0 Å². The van der Waals surface area contributed by atoms with Crippen molar-refractivity contribution in [3.05, 3.63) is 0 Å². The molecule has 0 unspecified atom stereocenters. The van der Waals surface area contributed by atoms with Crippen LogP contribution in [-0.2, 0) is 4.57 Å². The van der Waals surface area contributed by atoms with E-state index in [-0.39, 0.29) is 51.4 Å². The minimum Gasteiger partial charge on any atom is -0.756 e. The fourth-order valence-corrected chi connectivity index (χ4v) is 0.401. The normalized spacial score (nSPS) is 9.18. The van der Waals surface area contributed by atoms with Crippen LogP contribution in [0.1, 0.15) is 19.8 Å². The van der Waals surface area contributed by atoms with Gasteiger partial charge in [-0.2, -0.15) is 0 Å². The molecule has 0 aliphatic heterocycles. The maximum atomic E-state index is 8.77. The molecule has 0 spiro atoms. The Kier molecular flexibility index (Phi) is 20.5. The van der Waals surface area contributed by atoms with E-state index < -0.39 is 7.82 Å². The van der Waals surface area contributed by atoms with Gasteiger partial charge in [-0.05, 0) is 6.42 Å². The second-order valence-electron chi connectivity index (χ2n) is 1.53. The van der Waals surface area contributed by atoms with Gasteiger partial charge in [0, 0.05) is 5.88 Å². The van der Waals surface area contributed by atoms with Crippen LogP contribution in [0.3, 0.4) is 0 Å². The van der Waals surface area contributed by atoms with E-state index in [0.717, 1.165) is 12.3 Å². The van der Waals surface area contributed by atoms with Gasteiger partial charge in [0.25, 0.3) is 7.82 Å². The predicted octanol–water partition coefficient (Wildman–Crippen LogP) is -2.53. The molecule has 0 aromatic heterocycles. The van der Waals surface area contributed by atoms with Gasteiger partial charge >= 0.3 is 51.4 Å². The summed E-state index contributed by atoms with van der Waals surface area (Å²) < 4.78 is 8.77. The minimum absolute atomic E-state index is 0. The Morgan fingerprint density at radius 3 is 1.82 bits per heavy atom. The number of phosphoric acid groups is 1. The molecule has 0 saturated carbocycles. The average Bonchev–Trinajstić information content (AvgIpc) is 1.63. The zero-order valence-corrected chi connectivity index (χ0v) is 11.4. The molecular weight excluding hydrogens is 218 g/mol. The Balaban J connectivity index is -0.000000107. The first kappa shape index (κ1) is 18.7. The third-order valence-corrected chi connectivity index (χ3v) is 0.754. The van der Waals surface area contributed by atoms with E-state index in [4.69, 9.17) is 30.8 Å². The summed E-state index contributed by atoms with van der Waals surface area (Å²) in [4.78, 5) is 22.9. The average molecular weight is 229 g/mol. The van der Waals surface area contributed by atoms with Gasteiger partial charge < -0.3 is 14.7 Å². The van der Waals surface area contributed by atoms with E-state index in [2.05, 4.69) is 6.92 Å². The summed E-state index contributed by atoms with van der Waals surface area (Å²) >= 11 is 5.30. The molecule has 0 atom stereocenters. The van der Waals surface area contributed by atoms with Crippen LogP contribution < -0.4 is 56.3 Å². The topological polar surface area (TPSA) is 80.6 Å². The largest absolute Gasteiger partial charge is 1.00 e. The quantitative estimate of drug-likeness (QED) is 0.310. The predicted molar refractivity (Wildman–Crippen MR) is 37.7 cm³/mol. The van der Waals surface area contributed by atoms with Gasteiger partial charge in [0.05, 0.1) is 0 Å². The Labute approximate surface area is 114 Å². The van der Waals surface area contributed by atoms with Crippen LogP contribution in [0.15, 0.2) is 0 Å². The molecule has 0 heterocycles. The first-order chi connectivity index (χ1) is 4.41. The van der Waals surface area contributed by atoms with Crippen LogP contribution in [0.5, 0.6) is 0 Å². The van der Waals surface area contributed by atoms with Crippen molar-refractivity contribution in [3.8, 4) is 0 Å². The molecule has 0 radical (unpaired) electrons. The van der Waals surface area contributed by atoms with Gasteiger partial charge in [-0.25, -0.2) is 0 Å². The van der Waals surface area contributed by atoms with Gasteiger partial charge in [0.2, 0.25) is 0 Å². The maximum absolute atomic E-state index is 8.77. The maximum Gasteiger partial charge on any atom is 1.00 e. The van der Waals surface area contributed by atoms with Gasteiger partial charge in [0.1, 0.15) is 0 Å². The Morgan fingerprint density at radius 2 is 1.82 bits per heavy atom. The van der Waals surface area contributed by atoms with E-state index in [9.17, 15) is 0 Å². The summed E-state index contributed by atoms with van der Waals surface area (Å²) in [6.45, 7) is 2.13. The van der Waals surface area contributed by atoms with Crippen LogP contribution in [0.25, 0.3) is 0 Å². The summed E-state index contributed by atoms with van der Waals surface area (Å²) in [5, 5.41) is 0. The Hall–Kier alpha value is 2.04. The summed E-state index contributed by atoms with van der Waals surface area (Å²) in [6.07, 6.45) is 2.37. The molecule has 0 amide bonds. The van der Waals surface area contributed by atoms with Crippen molar-refractivity contribution >= 4 is 19.4 Å². The molecule has 0 aliphatic carbocycles. The molecule has 0 rings (SSSR count). The first-order valence-electron chi connectivity index (χ1n) is 2.74. The summed E-state index contributed by atoms with van der Waals surface area (Å²) in [7, 11) is -4.89. The summed E-state index contributed by atoms with van der Waals surface area (Å²) in [6, 6.07) is 0. The molecule has 7 heteroatoms. The van der Waals surface area contributed by atoms with Crippen molar-refractivity contribution in [1.29, 1.82) is 0 Å². The molecule has 64 valence electrons. The number of rotatable bonds is 2. The third-order valence-electron chi connectivity index (χ3n) is 0.487. The van der Waals surface area contributed by atoms with Crippen molar-refractivity contribution in [1.82, 2.24) is 0 Å². The zero-order chi connectivity index (χ0) is 8.62. The van der Waals surface area contributed by atoms with Gasteiger partial charge in [-0.3, -0.25) is 4.57 Å². The van der Waals surface area contributed by atoms with E-state index in [0.29, 0.717) is 0 Å². The van der Waals surface area contributed by atoms with Crippen molar-refractivity contribution in [2.75, 3.05) is 5.88 Å². The van der Waals surface area contributed by atoms with Gasteiger partial charge in [0.15, 0.2) is 0 Å². The molecule has 0 fully saturated rings. The first-order valence-corrected chi connectivity index (χ1v) is 4.80. The van der Waals surface area contributed by atoms with Gasteiger partial charge in [-0.1, -0.05) is 13.3 Å². The van der Waals surface area contributed by atoms with Crippen LogP contribution in [0, 0.1) is 0 Å². The van der Waals surface area contributed by atoms with Gasteiger partial charge in [-0.15, -0.1) is 11.6 Å². The second-order valence-corrected chi connectivity index (χ2v) is 2.89. The van der Waals surface area contributed by atoms with E-state index in [1.54, 1.807) is 0 Å². The van der Waals surface area contributed by atoms with Crippen LogP contribution in [0.4, 0.5) is 0 Å². The second kappa shape index (κ2) is 12.0. The SMILES string of the molecule is CCCCCl.O=P([O-])(O)O.[K+]. The third kappa shape index (κ3) is 74.4. The molecule has 0 aromatic rings. The summed E-state index contributed by atoms with van der Waals surface area (Å²) in [5.41, 5.74) is 0. The fourth-order valence-electron chi connectivity index (χ4n) is 0.134. The monoisotopic (exact) mass is 228 g/mol. The van der Waals surface area contributed by atoms with Crippen LogP contribution >= 0.6 is 19.4 Å². The Bertz CT molecular complexity index is 96.0. The molecule has 0 bridgehead atoms. The Morgan fingerprint density at radius 1 is 1.55 bits per heavy atom. The number of alkyl halides is 1. The molecule has 11 heavy (non-hydrogen) atoms. The molecule has 0 aromatic carbocycles. The van der Waals surface area contributed by atoms with Crippen LogP contribution in [-0.4, -0.2) is 15.7 Å². The van der Waals surface area contributed by atoms with Crippen molar-refractivity contribution in [2.45, 2.75) is 19.8 Å². The zero-order valence-electron chi connectivity index (χ0n) is 6.66. The van der Waals surface area contributed by atoms with Crippen molar-refractivity contribution in [3.63, 3.8) is 0 Å². The number of hydrogen-bond donors (Lipinski definition) is 2. The molecular formula is C4H11ClKO4P. The van der Waals surface area contributed by atoms with Crippen LogP contribution in [0.2, 0.25) is 0 Å². The number of hydrogen-bond acceptors (Lipinski definition) is 2. The fraction of sp³-hybridized carbons (Fsp3) is 1.00. The number of halogens is 1. The number of unbranched alkanes of at least 4 members (excludes halogenated alkanes) is 1. The molecule has 0 saturated heterocycles. The van der Waals surface area contributed by atoms with Crippen molar-refractivity contribution in [2.24, 2.45) is 0 Å². The van der Waals surface area contributed by atoms with E-state index in [1.165, 1.54) is 6.42 Å². The minimum atomic E-state index is -4.89. The smallest absolute Gasteiger partial charge is 0.756 e.